The van der Waals surface area contributed by atoms with E-state index in [-0.39, 0.29) is 0 Å². The van der Waals surface area contributed by atoms with Crippen molar-refractivity contribution in [3.05, 3.63) is 22.2 Å². The van der Waals surface area contributed by atoms with Gasteiger partial charge in [0.25, 0.3) is 0 Å². The van der Waals surface area contributed by atoms with Gasteiger partial charge >= 0.3 is 5.97 Å². The van der Waals surface area contributed by atoms with Crippen molar-refractivity contribution in [2.45, 2.75) is 27.2 Å². The maximum absolute atomic E-state index is 10.9. The third kappa shape index (κ3) is 3.20. The Balaban J connectivity index is 2.83. The van der Waals surface area contributed by atoms with Crippen LogP contribution in [0, 0.1) is 17.8 Å². The molecule has 0 saturated heterocycles. The Hall–Kier alpha value is -0.570. The van der Waals surface area contributed by atoms with Crippen LogP contribution in [0.25, 0.3) is 0 Å². The lowest BCUT2D eigenvalue weighted by molar-refractivity contribution is -0.132. The summed E-state index contributed by atoms with van der Waals surface area (Å²) < 4.78 is 0.892. The van der Waals surface area contributed by atoms with Crippen molar-refractivity contribution in [3.8, 4) is 0 Å². The molecule has 2 unspecified atom stereocenters. The number of carbonyl (C=O) groups is 1. The predicted molar refractivity (Wildman–Crippen MR) is 64.8 cm³/mol. The first-order valence-corrected chi connectivity index (χ1v) is 6.02. The average Bonchev–Trinajstić information content (AvgIpc) is 2.15. The third-order valence-corrected chi connectivity index (χ3v) is 3.64. The van der Waals surface area contributed by atoms with Crippen LogP contribution in [0.2, 0.25) is 0 Å². The fourth-order valence-electron chi connectivity index (χ4n) is 1.77. The molecule has 15 heavy (non-hydrogen) atoms. The molecule has 3 heteroatoms. The highest BCUT2D eigenvalue weighted by molar-refractivity contribution is 9.11. The lowest BCUT2D eigenvalue weighted by atomic mass is 9.79. The van der Waals surface area contributed by atoms with Gasteiger partial charge in [-0.2, -0.15) is 0 Å². The molecule has 2 atom stereocenters. The number of allylic oxidation sites excluding steroid dienone is 3. The zero-order valence-electron chi connectivity index (χ0n) is 9.33. The van der Waals surface area contributed by atoms with Gasteiger partial charge in [0.05, 0.1) is 0 Å². The molecule has 1 rings (SSSR count). The molecular weight excluding hydrogens is 256 g/mol. The lowest BCUT2D eigenvalue weighted by Crippen LogP contribution is -2.20. The quantitative estimate of drug-likeness (QED) is 0.853. The molecule has 0 radical (unpaired) electrons. The SMILES string of the molecule is CC(C)C(C)C1C=C(Br)C=C(C(=O)O)C1. The van der Waals surface area contributed by atoms with Crippen molar-refractivity contribution < 1.29 is 9.90 Å². The second-order valence-electron chi connectivity index (χ2n) is 4.50. The third-order valence-electron chi connectivity index (χ3n) is 3.14. The molecule has 1 aliphatic carbocycles. The van der Waals surface area contributed by atoms with Gasteiger partial charge in [0.1, 0.15) is 0 Å². The Morgan fingerprint density at radius 2 is 2.13 bits per heavy atom. The fourth-order valence-corrected chi connectivity index (χ4v) is 2.39. The van der Waals surface area contributed by atoms with Crippen molar-refractivity contribution in [2.24, 2.45) is 17.8 Å². The molecule has 0 amide bonds. The van der Waals surface area contributed by atoms with Gasteiger partial charge in [0.2, 0.25) is 0 Å². The number of hydrogen-bond acceptors (Lipinski definition) is 1. The van der Waals surface area contributed by atoms with Crippen LogP contribution in [0.3, 0.4) is 0 Å². The number of aliphatic carboxylic acids is 1. The van der Waals surface area contributed by atoms with E-state index in [0.717, 1.165) is 4.48 Å². The molecule has 0 spiro atoms. The summed E-state index contributed by atoms with van der Waals surface area (Å²) in [5.74, 6) is 0.594. The Bertz CT molecular complexity index is 316. The minimum absolute atomic E-state index is 0.329. The van der Waals surface area contributed by atoms with E-state index >= 15 is 0 Å². The van der Waals surface area contributed by atoms with Crippen LogP contribution in [-0.2, 0) is 4.79 Å². The zero-order valence-corrected chi connectivity index (χ0v) is 10.9. The van der Waals surface area contributed by atoms with E-state index in [2.05, 4.69) is 42.8 Å². The van der Waals surface area contributed by atoms with Gasteiger partial charge in [-0.05, 0) is 30.3 Å². The van der Waals surface area contributed by atoms with Gasteiger partial charge < -0.3 is 5.11 Å². The minimum atomic E-state index is -0.805. The maximum Gasteiger partial charge on any atom is 0.331 e. The Kier molecular flexibility index (Phi) is 4.14. The number of halogens is 1. The minimum Gasteiger partial charge on any atom is -0.478 e. The van der Waals surface area contributed by atoms with Crippen LogP contribution in [-0.4, -0.2) is 11.1 Å². The van der Waals surface area contributed by atoms with Gasteiger partial charge in [0, 0.05) is 10.1 Å². The number of rotatable bonds is 3. The largest absolute Gasteiger partial charge is 0.478 e. The predicted octanol–water partition coefficient (Wildman–Crippen LogP) is 3.59. The number of hydrogen-bond donors (Lipinski definition) is 1. The number of carboxylic acids is 1. The van der Waals surface area contributed by atoms with E-state index < -0.39 is 5.97 Å². The van der Waals surface area contributed by atoms with Gasteiger partial charge in [-0.25, -0.2) is 4.79 Å². The number of carboxylic acid groups (broad SMARTS) is 1. The Morgan fingerprint density at radius 3 is 2.60 bits per heavy atom. The summed E-state index contributed by atoms with van der Waals surface area (Å²) >= 11 is 3.38. The fraction of sp³-hybridized carbons (Fsp3) is 0.583. The maximum atomic E-state index is 10.9. The van der Waals surface area contributed by atoms with Gasteiger partial charge in [-0.15, -0.1) is 0 Å². The molecule has 0 bridgehead atoms. The summed E-state index contributed by atoms with van der Waals surface area (Å²) in [6, 6.07) is 0. The molecule has 0 saturated carbocycles. The van der Waals surface area contributed by atoms with Gasteiger partial charge in [-0.1, -0.05) is 42.8 Å². The van der Waals surface area contributed by atoms with Crippen LogP contribution in [0.5, 0.6) is 0 Å². The molecule has 0 aliphatic heterocycles. The summed E-state index contributed by atoms with van der Waals surface area (Å²) in [6.45, 7) is 6.52. The van der Waals surface area contributed by atoms with Crippen molar-refractivity contribution in [3.63, 3.8) is 0 Å². The zero-order chi connectivity index (χ0) is 11.6. The highest BCUT2D eigenvalue weighted by Crippen LogP contribution is 2.33. The average molecular weight is 273 g/mol. The Morgan fingerprint density at radius 1 is 1.53 bits per heavy atom. The summed E-state index contributed by atoms with van der Waals surface area (Å²) in [7, 11) is 0. The first kappa shape index (κ1) is 12.5. The van der Waals surface area contributed by atoms with E-state index in [4.69, 9.17) is 5.11 Å². The van der Waals surface area contributed by atoms with Gasteiger partial charge in [0.15, 0.2) is 0 Å². The summed E-state index contributed by atoms with van der Waals surface area (Å²) in [6.07, 6.45) is 4.47. The van der Waals surface area contributed by atoms with Crippen LogP contribution < -0.4 is 0 Å². The first-order chi connectivity index (χ1) is 6.91. The molecule has 0 aromatic carbocycles. The molecule has 0 heterocycles. The van der Waals surface area contributed by atoms with Crippen LogP contribution in [0.15, 0.2) is 22.2 Å². The van der Waals surface area contributed by atoms with Crippen LogP contribution >= 0.6 is 15.9 Å². The highest BCUT2D eigenvalue weighted by atomic mass is 79.9. The standard InChI is InChI=1S/C12H17BrO2/c1-7(2)8(3)9-4-10(12(14)15)6-11(13)5-9/h5-9H,4H2,1-3H3,(H,14,15). The molecule has 0 aromatic heterocycles. The van der Waals surface area contributed by atoms with Crippen LogP contribution in [0.1, 0.15) is 27.2 Å². The smallest absolute Gasteiger partial charge is 0.331 e. The second kappa shape index (κ2) is 4.97. The highest BCUT2D eigenvalue weighted by Gasteiger charge is 2.24. The second-order valence-corrected chi connectivity index (χ2v) is 5.41. The normalized spacial score (nSPS) is 23.4. The molecule has 2 nitrogen and oxygen atoms in total. The molecule has 84 valence electrons. The molecule has 1 aliphatic rings. The summed E-state index contributed by atoms with van der Waals surface area (Å²) in [4.78, 5) is 10.9. The molecule has 1 N–H and O–H groups in total. The molecular formula is C12H17BrO2. The van der Waals surface area contributed by atoms with Crippen LogP contribution in [0.4, 0.5) is 0 Å². The van der Waals surface area contributed by atoms with Gasteiger partial charge in [-0.3, -0.25) is 0 Å². The first-order valence-electron chi connectivity index (χ1n) is 5.23. The Labute approximate surface area is 99.2 Å². The van der Waals surface area contributed by atoms with E-state index in [9.17, 15) is 4.79 Å². The lowest BCUT2D eigenvalue weighted by Gasteiger charge is -2.27. The topological polar surface area (TPSA) is 37.3 Å². The van der Waals surface area contributed by atoms with E-state index in [1.807, 2.05) is 0 Å². The van der Waals surface area contributed by atoms with Crippen molar-refractivity contribution in [1.29, 1.82) is 0 Å². The summed E-state index contributed by atoms with van der Waals surface area (Å²) in [5, 5.41) is 8.98. The monoisotopic (exact) mass is 272 g/mol. The van der Waals surface area contributed by atoms with Crippen molar-refractivity contribution in [2.75, 3.05) is 0 Å². The molecule has 0 aromatic rings. The molecule has 0 fully saturated rings. The van der Waals surface area contributed by atoms with E-state index in [1.54, 1.807) is 6.08 Å². The van der Waals surface area contributed by atoms with E-state index in [0.29, 0.717) is 29.7 Å². The van der Waals surface area contributed by atoms with E-state index in [1.165, 1.54) is 0 Å². The summed E-state index contributed by atoms with van der Waals surface area (Å²) in [5.41, 5.74) is 0.502. The van der Waals surface area contributed by atoms with Crippen molar-refractivity contribution in [1.82, 2.24) is 0 Å². The van der Waals surface area contributed by atoms with Crippen molar-refractivity contribution >= 4 is 21.9 Å².